The summed E-state index contributed by atoms with van der Waals surface area (Å²) >= 11 is -2.62. The van der Waals surface area contributed by atoms with Crippen LogP contribution in [-0.4, -0.2) is 6.71 Å². The molecule has 0 unspecified atom stereocenters. The molecule has 0 aromatic heterocycles. The first-order valence-electron chi connectivity index (χ1n) is 8.72. The van der Waals surface area contributed by atoms with E-state index < -0.39 is 19.1 Å². The number of hydrogen-bond acceptors (Lipinski definition) is 0. The molecule has 0 fully saturated rings. The second-order valence-electron chi connectivity index (χ2n) is 7.38. The Morgan fingerprint density at radius 3 is 1.56 bits per heavy atom. The smallest absolute Gasteiger partial charge is 0.147 e. The molecule has 0 amide bonds. The van der Waals surface area contributed by atoms with Crippen LogP contribution in [0, 0.1) is 0 Å². The van der Waals surface area contributed by atoms with Crippen LogP contribution < -0.4 is 5.19 Å². The Morgan fingerprint density at radius 1 is 0.760 bits per heavy atom. The fraction of sp³-hybridized carbons (Fsp3) is 0.333. The molecule has 0 spiro atoms. The molecule has 0 heterocycles. The van der Waals surface area contributed by atoms with Crippen LogP contribution in [0.3, 0.4) is 0 Å². The topological polar surface area (TPSA) is 0 Å². The number of rotatable bonds is 4. The zero-order valence-corrected chi connectivity index (χ0v) is 22.6. The summed E-state index contributed by atoms with van der Waals surface area (Å²) in [6.45, 7) is 9.16. The fourth-order valence-electron chi connectivity index (χ4n) is 4.28. The van der Waals surface area contributed by atoms with Gasteiger partial charge in [-0.2, -0.15) is 0 Å². The Labute approximate surface area is 171 Å². The summed E-state index contributed by atoms with van der Waals surface area (Å²) in [6.07, 6.45) is 7.44. The van der Waals surface area contributed by atoms with Crippen LogP contribution in [0.2, 0.25) is 4.68 Å². The Kier molecular flexibility index (Phi) is 8.39. The first-order chi connectivity index (χ1) is 10.9. The van der Waals surface area contributed by atoms with Gasteiger partial charge in [-0.15, -0.1) is 24.8 Å². The van der Waals surface area contributed by atoms with Gasteiger partial charge >= 0.3 is 148 Å². The zero-order chi connectivity index (χ0) is 16.6. The van der Waals surface area contributed by atoms with Crippen LogP contribution in [0.25, 0.3) is 0 Å². The van der Waals surface area contributed by atoms with E-state index in [1.165, 1.54) is 24.0 Å². The van der Waals surface area contributed by atoms with E-state index in [4.69, 9.17) is 0 Å². The molecule has 0 nitrogen and oxygen atoms in total. The van der Waals surface area contributed by atoms with Crippen LogP contribution in [0.4, 0.5) is 0 Å². The fourth-order valence-corrected chi connectivity index (χ4v) is 41.3. The van der Waals surface area contributed by atoms with Crippen LogP contribution in [0.5, 0.6) is 0 Å². The minimum atomic E-state index is -2.62. The van der Waals surface area contributed by atoms with E-state index in [9.17, 15) is 0 Å². The molecule has 0 saturated heterocycles. The van der Waals surface area contributed by atoms with E-state index in [2.05, 4.69) is 74.9 Å². The number of halogens is 2. The second-order valence-corrected chi connectivity index (χ2v) is 37.8. The Hall–Kier alpha value is -0.153. The van der Waals surface area contributed by atoms with E-state index in [0.29, 0.717) is 0 Å². The van der Waals surface area contributed by atoms with E-state index >= 15 is 0 Å². The summed E-state index contributed by atoms with van der Waals surface area (Å²) in [5, 5.41) is 1.67. The van der Waals surface area contributed by atoms with Crippen molar-refractivity contribution < 1.29 is 19.1 Å². The monoisotopic (exact) mass is 560 g/mol. The molecule has 3 rings (SSSR count). The molecule has 2 aliphatic rings. The van der Waals surface area contributed by atoms with Gasteiger partial charge in [0.2, 0.25) is 0 Å². The molecule has 25 heavy (non-hydrogen) atoms. The van der Waals surface area contributed by atoms with Crippen LogP contribution >= 0.6 is 24.8 Å². The molecule has 1 aromatic carbocycles. The maximum atomic E-state index is 2.75. The van der Waals surface area contributed by atoms with Crippen LogP contribution in [-0.2, 0) is 19.1 Å². The average Bonchev–Trinajstić information content (AvgIpc) is 3.05. The normalized spacial score (nSPS) is 17.6. The molecular formula is C21H30Cl2HfSi. The van der Waals surface area contributed by atoms with Gasteiger partial charge in [-0.1, -0.05) is 0 Å². The van der Waals surface area contributed by atoms with Crippen molar-refractivity contribution in [1.29, 1.82) is 0 Å². The standard InChI is InChI=1S/2C7H9.C6H7Si.CH3.2ClH.Hf/c2*1-6-4-3-5-7(6)2;7-6-4-2-1-3-5-6;;;;/h2*4H,3H2,1-2H3;1-5H,7H2;1H3;2*1H;. The summed E-state index contributed by atoms with van der Waals surface area (Å²) in [4.78, 5) is 0. The third-order valence-corrected chi connectivity index (χ3v) is 40.4. The van der Waals surface area contributed by atoms with Gasteiger partial charge in [0.1, 0.15) is 0 Å². The van der Waals surface area contributed by atoms with Gasteiger partial charge in [-0.25, -0.2) is 0 Å². The predicted octanol–water partition coefficient (Wildman–Crippen LogP) is 5.69. The van der Waals surface area contributed by atoms with E-state index in [1.807, 2.05) is 6.66 Å². The van der Waals surface area contributed by atoms with Gasteiger partial charge in [-0.3, -0.25) is 0 Å². The predicted molar refractivity (Wildman–Crippen MR) is 117 cm³/mol. The summed E-state index contributed by atoms with van der Waals surface area (Å²) in [7, 11) is 0. The summed E-state index contributed by atoms with van der Waals surface area (Å²) in [5.74, 6) is 0. The van der Waals surface area contributed by atoms with Gasteiger partial charge in [0, 0.05) is 0 Å². The van der Waals surface area contributed by atoms with E-state index in [-0.39, 0.29) is 31.5 Å². The van der Waals surface area contributed by atoms with Crippen LogP contribution in [0.15, 0.2) is 71.4 Å². The van der Waals surface area contributed by atoms with Crippen molar-refractivity contribution in [3.05, 3.63) is 71.4 Å². The summed E-state index contributed by atoms with van der Waals surface area (Å²) < 4.78 is 6.56. The van der Waals surface area contributed by atoms with Crippen molar-refractivity contribution in [2.24, 2.45) is 0 Å². The Bertz CT molecular complexity index is 715. The summed E-state index contributed by atoms with van der Waals surface area (Å²) in [5.41, 5.74) is 6.35. The zero-order valence-electron chi connectivity index (χ0n) is 16.0. The SMILES string of the molecule is CC1=CC[C]([Hf]([CH3])([SiH2]c2ccccc2)[C]2=C(C)C(C)=CC2)=C1C.Cl.Cl. The molecule has 0 radical (unpaired) electrons. The van der Waals surface area contributed by atoms with Crippen molar-refractivity contribution in [2.75, 3.05) is 0 Å². The minimum absolute atomic E-state index is 0. The molecule has 0 saturated carbocycles. The third kappa shape index (κ3) is 4.40. The first kappa shape index (κ1) is 22.9. The van der Waals surface area contributed by atoms with Crippen LogP contribution in [0.1, 0.15) is 40.5 Å². The molecule has 1 aromatic rings. The molecule has 0 aliphatic heterocycles. The Morgan fingerprint density at radius 2 is 1.20 bits per heavy atom. The second kappa shape index (κ2) is 9.17. The van der Waals surface area contributed by atoms with Crippen molar-refractivity contribution >= 4 is 36.7 Å². The molecule has 2 aliphatic carbocycles. The van der Waals surface area contributed by atoms with Gasteiger partial charge in [-0.05, 0) is 0 Å². The van der Waals surface area contributed by atoms with E-state index in [1.54, 1.807) is 16.3 Å². The number of allylic oxidation sites excluding steroid dienone is 8. The molecule has 0 bridgehead atoms. The third-order valence-electron chi connectivity index (χ3n) is 6.05. The Balaban J connectivity index is 0.00000156. The molecule has 4 heteroatoms. The van der Waals surface area contributed by atoms with Gasteiger partial charge in [0.15, 0.2) is 0 Å². The molecular weight excluding hydrogens is 530 g/mol. The maximum absolute atomic E-state index is 2.75. The van der Waals surface area contributed by atoms with Gasteiger partial charge < -0.3 is 0 Å². The maximum Gasteiger partial charge on any atom is -0.147 e. The molecule has 0 N–H and O–H groups in total. The minimum Gasteiger partial charge on any atom is -0.147 e. The van der Waals surface area contributed by atoms with E-state index in [0.717, 1.165) is 0 Å². The number of hydrogen-bond donors (Lipinski definition) is 0. The first-order valence-corrected chi connectivity index (χ1v) is 24.9. The molecule has 136 valence electrons. The van der Waals surface area contributed by atoms with Crippen molar-refractivity contribution in [3.63, 3.8) is 0 Å². The van der Waals surface area contributed by atoms with Gasteiger partial charge in [0.05, 0.1) is 0 Å². The van der Waals surface area contributed by atoms with Crippen molar-refractivity contribution in [1.82, 2.24) is 0 Å². The van der Waals surface area contributed by atoms with Gasteiger partial charge in [0.25, 0.3) is 0 Å². The van der Waals surface area contributed by atoms with Crippen molar-refractivity contribution in [3.8, 4) is 0 Å². The largest absolute Gasteiger partial charge is 0.147 e. The van der Waals surface area contributed by atoms with Crippen molar-refractivity contribution in [2.45, 2.75) is 45.2 Å². The average molecular weight is 560 g/mol. The number of benzene rings is 1. The summed E-state index contributed by atoms with van der Waals surface area (Å²) in [6, 6.07) is 11.4. The molecule has 0 atom stereocenters. The quantitative estimate of drug-likeness (QED) is 0.416.